The number of rotatable bonds is 6. The monoisotopic (exact) mass is 224 g/mol. The number of carbonyl (C=O) groups excluding carboxylic acids is 1. The topological polar surface area (TPSA) is 75.4 Å². The smallest absolute Gasteiger partial charge is 0.287 e. The summed E-state index contributed by atoms with van der Waals surface area (Å²) in [6, 6.07) is 0. The molecule has 0 fully saturated rings. The van der Waals surface area contributed by atoms with E-state index in [1.165, 1.54) is 0 Å². The SMILES string of the molecule is CC(C)(N)CCC(=O)NCC(F)(F)CO. The van der Waals surface area contributed by atoms with Crippen LogP contribution in [0.5, 0.6) is 0 Å². The van der Waals surface area contributed by atoms with Crippen LogP contribution < -0.4 is 11.1 Å². The summed E-state index contributed by atoms with van der Waals surface area (Å²) in [6.07, 6.45) is 0.522. The van der Waals surface area contributed by atoms with Crippen LogP contribution in [0.4, 0.5) is 8.78 Å². The highest BCUT2D eigenvalue weighted by Gasteiger charge is 2.28. The van der Waals surface area contributed by atoms with Crippen molar-refractivity contribution in [2.75, 3.05) is 13.2 Å². The van der Waals surface area contributed by atoms with Gasteiger partial charge in [-0.25, -0.2) is 8.78 Å². The second-order valence-corrected chi connectivity index (χ2v) is 4.28. The largest absolute Gasteiger partial charge is 0.390 e. The molecule has 4 nitrogen and oxygen atoms in total. The summed E-state index contributed by atoms with van der Waals surface area (Å²) in [5.74, 6) is -3.74. The number of hydrogen-bond acceptors (Lipinski definition) is 3. The van der Waals surface area contributed by atoms with E-state index in [1.807, 2.05) is 5.32 Å². The van der Waals surface area contributed by atoms with E-state index < -0.39 is 30.5 Å². The van der Waals surface area contributed by atoms with Gasteiger partial charge >= 0.3 is 0 Å². The van der Waals surface area contributed by atoms with Crippen LogP contribution in [0.15, 0.2) is 0 Å². The first-order chi connectivity index (χ1) is 6.66. The summed E-state index contributed by atoms with van der Waals surface area (Å²) >= 11 is 0. The molecule has 1 amide bonds. The van der Waals surface area contributed by atoms with E-state index in [0.29, 0.717) is 6.42 Å². The van der Waals surface area contributed by atoms with Gasteiger partial charge in [0.25, 0.3) is 5.92 Å². The lowest BCUT2D eigenvalue weighted by Crippen LogP contribution is -2.40. The normalized spacial score (nSPS) is 12.7. The summed E-state index contributed by atoms with van der Waals surface area (Å²) < 4.78 is 25.0. The van der Waals surface area contributed by atoms with Crippen molar-refractivity contribution in [1.29, 1.82) is 0 Å². The Bertz CT molecular complexity index is 215. The molecule has 90 valence electrons. The van der Waals surface area contributed by atoms with Gasteiger partial charge in [-0.2, -0.15) is 0 Å². The van der Waals surface area contributed by atoms with Crippen LogP contribution in [0, 0.1) is 0 Å². The minimum Gasteiger partial charge on any atom is -0.390 e. The van der Waals surface area contributed by atoms with Crippen molar-refractivity contribution < 1.29 is 18.7 Å². The molecule has 0 spiro atoms. The lowest BCUT2D eigenvalue weighted by molar-refractivity contribution is -0.124. The minimum atomic E-state index is -3.26. The first-order valence-electron chi connectivity index (χ1n) is 4.70. The van der Waals surface area contributed by atoms with Crippen molar-refractivity contribution in [2.45, 2.75) is 38.2 Å². The Hall–Kier alpha value is -0.750. The predicted octanol–water partition coefficient (Wildman–Crippen LogP) is 0.248. The summed E-state index contributed by atoms with van der Waals surface area (Å²) in [4.78, 5) is 11.1. The molecule has 0 heterocycles. The molecule has 0 aromatic heterocycles. The lowest BCUT2D eigenvalue weighted by atomic mass is 10.00. The zero-order chi connectivity index (χ0) is 12.1. The molecule has 0 aromatic rings. The van der Waals surface area contributed by atoms with Gasteiger partial charge in [-0.05, 0) is 20.3 Å². The first-order valence-corrected chi connectivity index (χ1v) is 4.70. The summed E-state index contributed by atoms with van der Waals surface area (Å²) in [7, 11) is 0. The van der Waals surface area contributed by atoms with Crippen molar-refractivity contribution in [2.24, 2.45) is 5.73 Å². The van der Waals surface area contributed by atoms with Gasteiger partial charge in [0.15, 0.2) is 0 Å². The average Bonchev–Trinajstić information content (AvgIpc) is 2.10. The van der Waals surface area contributed by atoms with Crippen molar-refractivity contribution >= 4 is 5.91 Å². The van der Waals surface area contributed by atoms with Crippen molar-refractivity contribution in [3.63, 3.8) is 0 Å². The van der Waals surface area contributed by atoms with Gasteiger partial charge in [0.1, 0.15) is 6.61 Å². The Morgan fingerprint density at radius 1 is 1.47 bits per heavy atom. The summed E-state index contributed by atoms with van der Waals surface area (Å²) in [5, 5.41) is 10.3. The maximum Gasteiger partial charge on any atom is 0.287 e. The van der Waals surface area contributed by atoms with Crippen molar-refractivity contribution in [1.82, 2.24) is 5.32 Å². The molecular formula is C9H18F2N2O2. The number of carbonyl (C=O) groups is 1. The molecule has 0 unspecified atom stereocenters. The molecule has 0 saturated carbocycles. The van der Waals surface area contributed by atoms with Crippen LogP contribution in [0.2, 0.25) is 0 Å². The number of hydrogen-bond donors (Lipinski definition) is 3. The average molecular weight is 224 g/mol. The van der Waals surface area contributed by atoms with Crippen LogP contribution in [0.3, 0.4) is 0 Å². The first kappa shape index (κ1) is 14.2. The number of halogens is 2. The van der Waals surface area contributed by atoms with Gasteiger partial charge in [0, 0.05) is 12.0 Å². The number of alkyl halides is 2. The Kier molecular flexibility index (Phi) is 5.10. The van der Waals surface area contributed by atoms with Crippen LogP contribution in [0.25, 0.3) is 0 Å². The molecular weight excluding hydrogens is 206 g/mol. The van der Waals surface area contributed by atoms with Crippen LogP contribution in [-0.2, 0) is 4.79 Å². The van der Waals surface area contributed by atoms with Gasteiger partial charge in [0.2, 0.25) is 5.91 Å². The highest BCUT2D eigenvalue weighted by molar-refractivity contribution is 5.76. The highest BCUT2D eigenvalue weighted by Crippen LogP contribution is 2.10. The standard InChI is InChI=1S/C9H18F2N2O2/c1-8(2,12)4-3-7(15)13-5-9(10,11)6-14/h14H,3-6,12H2,1-2H3,(H,13,15). The predicted molar refractivity (Wildman–Crippen MR) is 52.5 cm³/mol. The fraction of sp³-hybridized carbons (Fsp3) is 0.889. The van der Waals surface area contributed by atoms with E-state index in [9.17, 15) is 13.6 Å². The van der Waals surface area contributed by atoms with E-state index in [1.54, 1.807) is 13.8 Å². The number of nitrogens with one attached hydrogen (secondary N) is 1. The van der Waals surface area contributed by atoms with Gasteiger partial charge in [0.05, 0.1) is 6.54 Å². The Morgan fingerprint density at radius 3 is 2.40 bits per heavy atom. The number of nitrogens with two attached hydrogens (primary N) is 1. The fourth-order valence-corrected chi connectivity index (χ4v) is 0.808. The molecule has 0 aromatic carbocycles. The molecule has 0 radical (unpaired) electrons. The van der Waals surface area contributed by atoms with E-state index in [4.69, 9.17) is 10.8 Å². The molecule has 0 bridgehead atoms. The Balaban J connectivity index is 3.77. The molecule has 4 N–H and O–H groups in total. The van der Waals surface area contributed by atoms with Gasteiger partial charge in [-0.1, -0.05) is 0 Å². The van der Waals surface area contributed by atoms with E-state index in [-0.39, 0.29) is 6.42 Å². The van der Waals surface area contributed by atoms with Gasteiger partial charge in [-0.3, -0.25) is 4.79 Å². The molecule has 0 rings (SSSR count). The third-order valence-corrected chi connectivity index (χ3v) is 1.77. The Labute approximate surface area is 87.8 Å². The molecule has 0 aliphatic heterocycles. The van der Waals surface area contributed by atoms with Gasteiger partial charge < -0.3 is 16.2 Å². The maximum atomic E-state index is 12.5. The molecule has 0 aliphatic carbocycles. The third kappa shape index (κ3) is 8.26. The highest BCUT2D eigenvalue weighted by atomic mass is 19.3. The van der Waals surface area contributed by atoms with Crippen molar-refractivity contribution in [3.8, 4) is 0 Å². The Morgan fingerprint density at radius 2 is 2.00 bits per heavy atom. The second kappa shape index (κ2) is 5.37. The zero-order valence-electron chi connectivity index (χ0n) is 9.02. The number of aliphatic hydroxyl groups is 1. The maximum absolute atomic E-state index is 12.5. The van der Waals surface area contributed by atoms with Crippen LogP contribution >= 0.6 is 0 Å². The van der Waals surface area contributed by atoms with E-state index in [2.05, 4.69) is 0 Å². The molecule has 0 aliphatic rings. The lowest BCUT2D eigenvalue weighted by Gasteiger charge is -2.18. The van der Waals surface area contributed by atoms with Crippen LogP contribution in [-0.4, -0.2) is 35.6 Å². The number of aliphatic hydroxyl groups excluding tert-OH is 1. The van der Waals surface area contributed by atoms with Gasteiger partial charge in [-0.15, -0.1) is 0 Å². The summed E-state index contributed by atoms with van der Waals surface area (Å²) in [5.41, 5.74) is 5.13. The molecule has 0 atom stereocenters. The fourth-order valence-electron chi connectivity index (χ4n) is 0.808. The molecule has 0 saturated heterocycles. The zero-order valence-corrected chi connectivity index (χ0v) is 9.02. The third-order valence-electron chi connectivity index (χ3n) is 1.77. The van der Waals surface area contributed by atoms with E-state index >= 15 is 0 Å². The number of amides is 1. The van der Waals surface area contributed by atoms with Crippen molar-refractivity contribution in [3.05, 3.63) is 0 Å². The molecule has 6 heteroatoms. The van der Waals surface area contributed by atoms with E-state index in [0.717, 1.165) is 0 Å². The summed E-state index contributed by atoms with van der Waals surface area (Å²) in [6.45, 7) is 1.40. The minimum absolute atomic E-state index is 0.102. The molecule has 15 heavy (non-hydrogen) atoms. The quantitative estimate of drug-likeness (QED) is 0.605. The van der Waals surface area contributed by atoms with Crippen LogP contribution in [0.1, 0.15) is 26.7 Å². The second-order valence-electron chi connectivity index (χ2n) is 4.28.